The number of ether oxygens (including phenoxy) is 1. The molecule has 36 heavy (non-hydrogen) atoms. The summed E-state index contributed by atoms with van der Waals surface area (Å²) in [6.45, 7) is 6.08. The second kappa shape index (κ2) is 9.37. The number of carboxylic acids is 1. The largest absolute Gasteiger partial charge is 0.507 e. The number of hydrogen-bond donors (Lipinski definition) is 2. The van der Waals surface area contributed by atoms with Gasteiger partial charge in [-0.05, 0) is 52.9 Å². The van der Waals surface area contributed by atoms with Crippen molar-refractivity contribution < 1.29 is 33.8 Å². The summed E-state index contributed by atoms with van der Waals surface area (Å²) in [5, 5.41) is 20.6. The molecule has 1 amide bonds. The van der Waals surface area contributed by atoms with E-state index in [1.165, 1.54) is 30.4 Å². The number of carbonyl (C=O) groups excluding carboxylic acids is 2. The molecule has 0 aliphatic carbocycles. The Bertz CT molecular complexity index is 1350. The van der Waals surface area contributed by atoms with Gasteiger partial charge in [0.25, 0.3) is 11.7 Å². The quantitative estimate of drug-likeness (QED) is 0.287. The molecule has 1 unspecified atom stereocenters. The number of benzene rings is 2. The summed E-state index contributed by atoms with van der Waals surface area (Å²) in [5.41, 5.74) is 1.58. The molecule has 4 rings (SSSR count). The van der Waals surface area contributed by atoms with Crippen molar-refractivity contribution in [2.24, 2.45) is 0 Å². The topological polar surface area (TPSA) is 117 Å². The highest BCUT2D eigenvalue weighted by Gasteiger charge is 2.47. The van der Waals surface area contributed by atoms with Crippen LogP contribution in [0, 0.1) is 0 Å². The average molecular weight is 490 g/mol. The molecule has 1 saturated heterocycles. The number of amides is 1. The van der Waals surface area contributed by atoms with Gasteiger partial charge < -0.3 is 24.3 Å². The van der Waals surface area contributed by atoms with Crippen LogP contribution in [0.25, 0.3) is 5.76 Å². The number of likely N-dealkylation sites (tertiary alicyclic amines) is 1. The van der Waals surface area contributed by atoms with Crippen molar-refractivity contribution in [3.8, 4) is 5.75 Å². The Morgan fingerprint density at radius 3 is 2.31 bits per heavy atom. The van der Waals surface area contributed by atoms with Crippen LogP contribution in [-0.4, -0.2) is 39.9 Å². The molecule has 1 aliphatic heterocycles. The monoisotopic (exact) mass is 489 g/mol. The third-order valence-electron chi connectivity index (χ3n) is 6.23. The molecule has 186 valence electrons. The number of hydrogen-bond acceptors (Lipinski definition) is 6. The molecule has 2 heterocycles. The number of aromatic carboxylic acids is 1. The number of aliphatic hydroxyl groups excluding tert-OH is 1. The van der Waals surface area contributed by atoms with Crippen LogP contribution in [0.1, 0.15) is 59.6 Å². The zero-order chi connectivity index (χ0) is 26.2. The van der Waals surface area contributed by atoms with E-state index in [2.05, 4.69) is 0 Å². The molecule has 2 aromatic carbocycles. The van der Waals surface area contributed by atoms with Crippen LogP contribution in [0.15, 0.2) is 70.9 Å². The highest BCUT2D eigenvalue weighted by Crippen LogP contribution is 2.42. The van der Waals surface area contributed by atoms with E-state index in [4.69, 9.17) is 14.3 Å². The Morgan fingerprint density at radius 2 is 1.75 bits per heavy atom. The van der Waals surface area contributed by atoms with Crippen molar-refractivity contribution in [3.05, 3.63) is 94.4 Å². The van der Waals surface area contributed by atoms with Gasteiger partial charge in [0.2, 0.25) is 0 Å². The molecule has 1 aliphatic rings. The molecule has 1 fully saturated rings. The van der Waals surface area contributed by atoms with Crippen LogP contribution in [0.2, 0.25) is 0 Å². The summed E-state index contributed by atoms with van der Waals surface area (Å²) in [6.07, 6.45) is 1.43. The SMILES string of the molecule is COc1ccc(C(C)(C)C)cc1/C(O)=C1\C(=O)C(=O)N(Cc2ccc(C(=O)O)cc2)C1c1ccco1. The predicted molar refractivity (Wildman–Crippen MR) is 132 cm³/mol. The maximum absolute atomic E-state index is 13.3. The number of Topliss-reactive ketones (excluding diaryl/α,β-unsaturated/α-hetero) is 1. The van der Waals surface area contributed by atoms with Gasteiger partial charge in [0.15, 0.2) is 0 Å². The molecule has 8 heteroatoms. The minimum Gasteiger partial charge on any atom is -0.507 e. The van der Waals surface area contributed by atoms with E-state index in [1.807, 2.05) is 26.8 Å². The summed E-state index contributed by atoms with van der Waals surface area (Å²) in [5.74, 6) is -2.41. The van der Waals surface area contributed by atoms with Crippen LogP contribution in [0.3, 0.4) is 0 Å². The van der Waals surface area contributed by atoms with Gasteiger partial charge in [0.1, 0.15) is 23.3 Å². The Labute approximate surface area is 208 Å². The average Bonchev–Trinajstić information content (AvgIpc) is 3.46. The first kappa shape index (κ1) is 24.8. The fraction of sp³-hybridized carbons (Fsp3) is 0.250. The zero-order valence-electron chi connectivity index (χ0n) is 20.4. The zero-order valence-corrected chi connectivity index (χ0v) is 20.4. The smallest absolute Gasteiger partial charge is 0.335 e. The fourth-order valence-electron chi connectivity index (χ4n) is 4.24. The van der Waals surface area contributed by atoms with Gasteiger partial charge in [-0.25, -0.2) is 4.79 Å². The summed E-state index contributed by atoms with van der Waals surface area (Å²) in [7, 11) is 1.46. The van der Waals surface area contributed by atoms with Crippen LogP contribution in [-0.2, 0) is 21.5 Å². The van der Waals surface area contributed by atoms with Crippen molar-refractivity contribution >= 4 is 23.4 Å². The number of methoxy groups -OCH3 is 1. The van der Waals surface area contributed by atoms with Crippen LogP contribution >= 0.6 is 0 Å². The fourth-order valence-corrected chi connectivity index (χ4v) is 4.24. The summed E-state index contributed by atoms with van der Waals surface area (Å²) in [4.78, 5) is 39.0. The highest BCUT2D eigenvalue weighted by atomic mass is 16.5. The lowest BCUT2D eigenvalue weighted by Crippen LogP contribution is -2.29. The molecular formula is C28H27NO7. The van der Waals surface area contributed by atoms with Crippen LogP contribution in [0.5, 0.6) is 5.75 Å². The molecule has 1 atom stereocenters. The minimum absolute atomic E-state index is 0.00574. The van der Waals surface area contributed by atoms with Crippen molar-refractivity contribution in [2.45, 2.75) is 38.8 Å². The van der Waals surface area contributed by atoms with Crippen molar-refractivity contribution in [1.29, 1.82) is 0 Å². The molecule has 1 aromatic heterocycles. The Hall–Kier alpha value is -4.33. The summed E-state index contributed by atoms with van der Waals surface area (Å²) in [6, 6.07) is 13.7. The van der Waals surface area contributed by atoms with E-state index < -0.39 is 23.7 Å². The molecule has 0 bridgehead atoms. The third-order valence-corrected chi connectivity index (χ3v) is 6.23. The Morgan fingerprint density at radius 1 is 1.06 bits per heavy atom. The van der Waals surface area contributed by atoms with Crippen LogP contribution in [0.4, 0.5) is 0 Å². The standard InChI is InChI=1S/C28H27NO7/c1-28(2,3)18-11-12-20(35-4)19(14-18)24(30)22-23(21-6-5-13-36-21)29(26(32)25(22)31)15-16-7-9-17(10-8-16)27(33)34/h5-14,23,30H,15H2,1-4H3,(H,33,34)/b24-22+. The van der Waals surface area contributed by atoms with Crippen LogP contribution < -0.4 is 4.74 Å². The molecule has 0 spiro atoms. The number of carbonyl (C=O) groups is 3. The molecule has 0 saturated carbocycles. The highest BCUT2D eigenvalue weighted by molar-refractivity contribution is 6.46. The van der Waals surface area contributed by atoms with Gasteiger partial charge in [-0.2, -0.15) is 0 Å². The number of nitrogens with zero attached hydrogens (tertiary/aromatic N) is 1. The van der Waals surface area contributed by atoms with Crippen molar-refractivity contribution in [3.63, 3.8) is 0 Å². The van der Waals surface area contributed by atoms with E-state index >= 15 is 0 Å². The van der Waals surface area contributed by atoms with E-state index in [-0.39, 0.29) is 28.9 Å². The first-order chi connectivity index (χ1) is 17.0. The molecule has 3 aromatic rings. The molecule has 0 radical (unpaired) electrons. The normalized spacial score (nSPS) is 17.4. The second-order valence-electron chi connectivity index (χ2n) is 9.61. The van der Waals surface area contributed by atoms with E-state index in [9.17, 15) is 19.5 Å². The number of carboxylic acid groups (broad SMARTS) is 1. The number of furan rings is 1. The number of aliphatic hydroxyl groups is 1. The van der Waals surface area contributed by atoms with Gasteiger partial charge in [-0.15, -0.1) is 0 Å². The molecule has 2 N–H and O–H groups in total. The lowest BCUT2D eigenvalue weighted by Gasteiger charge is -2.24. The van der Waals surface area contributed by atoms with E-state index in [0.717, 1.165) is 5.56 Å². The summed E-state index contributed by atoms with van der Waals surface area (Å²) < 4.78 is 11.0. The van der Waals surface area contributed by atoms with Gasteiger partial charge in [0.05, 0.1) is 30.1 Å². The number of ketones is 1. The molecule has 8 nitrogen and oxygen atoms in total. The van der Waals surface area contributed by atoms with Crippen molar-refractivity contribution in [2.75, 3.05) is 7.11 Å². The lowest BCUT2D eigenvalue weighted by molar-refractivity contribution is -0.140. The van der Waals surface area contributed by atoms with Gasteiger partial charge in [-0.3, -0.25) is 9.59 Å². The second-order valence-corrected chi connectivity index (χ2v) is 9.61. The van der Waals surface area contributed by atoms with E-state index in [1.54, 1.807) is 36.4 Å². The Kier molecular flexibility index (Phi) is 6.45. The number of rotatable bonds is 6. The minimum atomic E-state index is -1.07. The van der Waals surface area contributed by atoms with Gasteiger partial charge in [-0.1, -0.05) is 39.0 Å². The first-order valence-corrected chi connectivity index (χ1v) is 11.4. The predicted octanol–water partition coefficient (Wildman–Crippen LogP) is 4.91. The first-order valence-electron chi connectivity index (χ1n) is 11.4. The van der Waals surface area contributed by atoms with Gasteiger partial charge in [0, 0.05) is 6.54 Å². The maximum atomic E-state index is 13.3. The third kappa shape index (κ3) is 4.49. The Balaban J connectivity index is 1.85. The maximum Gasteiger partial charge on any atom is 0.335 e. The lowest BCUT2D eigenvalue weighted by atomic mass is 9.85. The van der Waals surface area contributed by atoms with Gasteiger partial charge >= 0.3 is 5.97 Å². The molecular weight excluding hydrogens is 462 g/mol. The summed E-state index contributed by atoms with van der Waals surface area (Å²) >= 11 is 0. The van der Waals surface area contributed by atoms with E-state index in [0.29, 0.717) is 22.6 Å². The van der Waals surface area contributed by atoms with Crippen molar-refractivity contribution in [1.82, 2.24) is 4.90 Å².